The quantitative estimate of drug-likeness (QED) is 0.785. The highest BCUT2D eigenvalue weighted by Crippen LogP contribution is 2.31. The number of halogens is 1. The van der Waals surface area contributed by atoms with Gasteiger partial charge in [0.05, 0.1) is 12.1 Å². The molecule has 2 heterocycles. The van der Waals surface area contributed by atoms with Crippen molar-refractivity contribution >= 4 is 17.4 Å². The first-order valence-electron chi connectivity index (χ1n) is 7.11. The Balaban J connectivity index is 2.42. The van der Waals surface area contributed by atoms with Gasteiger partial charge in [-0.2, -0.15) is 0 Å². The lowest BCUT2D eigenvalue weighted by Gasteiger charge is -2.30. The fraction of sp³-hybridized carbons (Fsp3) is 0.733. The van der Waals surface area contributed by atoms with Crippen LogP contribution in [0.5, 0.6) is 0 Å². The molecule has 2 unspecified atom stereocenters. The van der Waals surface area contributed by atoms with Gasteiger partial charge in [-0.25, -0.2) is 9.97 Å². The number of anilines is 1. The molecule has 2 rings (SSSR count). The van der Waals surface area contributed by atoms with E-state index < -0.39 is 0 Å². The largest absolute Gasteiger partial charge is 0.376 e. The van der Waals surface area contributed by atoms with E-state index in [4.69, 9.17) is 21.3 Å². The molecule has 4 nitrogen and oxygen atoms in total. The van der Waals surface area contributed by atoms with Crippen molar-refractivity contribution in [3.63, 3.8) is 0 Å². The minimum Gasteiger partial charge on any atom is -0.376 e. The summed E-state index contributed by atoms with van der Waals surface area (Å²) in [6, 6.07) is 0.340. The van der Waals surface area contributed by atoms with Crippen molar-refractivity contribution in [2.45, 2.75) is 58.6 Å². The molecule has 0 N–H and O–H groups in total. The van der Waals surface area contributed by atoms with Crippen LogP contribution in [0, 0.1) is 6.92 Å². The minimum absolute atomic E-state index is 0.120. The monoisotopic (exact) mass is 297 g/mol. The second-order valence-electron chi connectivity index (χ2n) is 6.58. The normalized spacial score (nSPS) is 23.1. The van der Waals surface area contributed by atoms with Gasteiger partial charge in [0, 0.05) is 24.6 Å². The molecule has 0 amide bonds. The Morgan fingerprint density at radius 3 is 2.45 bits per heavy atom. The molecule has 0 aliphatic carbocycles. The fourth-order valence-electron chi connectivity index (χ4n) is 2.54. The highest BCUT2D eigenvalue weighted by molar-refractivity contribution is 6.30. The van der Waals surface area contributed by atoms with Gasteiger partial charge in [-0.05, 0) is 20.3 Å². The van der Waals surface area contributed by atoms with E-state index in [-0.39, 0.29) is 11.5 Å². The molecule has 2 atom stereocenters. The molecule has 0 radical (unpaired) electrons. The van der Waals surface area contributed by atoms with Gasteiger partial charge in [0.25, 0.3) is 0 Å². The van der Waals surface area contributed by atoms with Gasteiger partial charge in [-0.15, -0.1) is 0 Å². The van der Waals surface area contributed by atoms with Crippen molar-refractivity contribution in [3.8, 4) is 0 Å². The molecule has 1 saturated heterocycles. The van der Waals surface area contributed by atoms with E-state index in [1.807, 2.05) is 6.92 Å². The first kappa shape index (κ1) is 15.5. The Bertz CT molecular complexity index is 499. The SMILES string of the molecule is Cc1c(Cl)nc(C(C)(C)C)nc1N(C)C1CCOC1C. The third-order valence-corrected chi connectivity index (χ3v) is 4.27. The summed E-state index contributed by atoms with van der Waals surface area (Å²) >= 11 is 6.30. The van der Waals surface area contributed by atoms with E-state index in [1.54, 1.807) is 0 Å². The number of aromatic nitrogens is 2. The van der Waals surface area contributed by atoms with E-state index in [2.05, 4.69) is 44.6 Å². The Labute approximate surface area is 126 Å². The topological polar surface area (TPSA) is 38.2 Å². The predicted octanol–water partition coefficient (Wildman–Crippen LogP) is 3.35. The average molecular weight is 298 g/mol. The molecule has 0 spiro atoms. The molecule has 1 aliphatic rings. The summed E-state index contributed by atoms with van der Waals surface area (Å²) in [5, 5.41) is 0.540. The molecule has 0 saturated carbocycles. The van der Waals surface area contributed by atoms with Crippen molar-refractivity contribution in [1.82, 2.24) is 9.97 Å². The lowest BCUT2D eigenvalue weighted by atomic mass is 9.95. The predicted molar refractivity (Wildman–Crippen MR) is 82.7 cm³/mol. The van der Waals surface area contributed by atoms with Gasteiger partial charge < -0.3 is 9.64 Å². The summed E-state index contributed by atoms with van der Waals surface area (Å²) < 4.78 is 5.66. The fourth-order valence-corrected chi connectivity index (χ4v) is 2.71. The zero-order valence-electron chi connectivity index (χ0n) is 13.2. The average Bonchev–Trinajstić information content (AvgIpc) is 2.76. The van der Waals surface area contributed by atoms with E-state index in [0.29, 0.717) is 11.2 Å². The summed E-state index contributed by atoms with van der Waals surface area (Å²) in [6.07, 6.45) is 1.23. The van der Waals surface area contributed by atoms with Crippen LogP contribution in [0.2, 0.25) is 5.15 Å². The van der Waals surface area contributed by atoms with Gasteiger partial charge in [0.1, 0.15) is 16.8 Å². The molecule has 1 fully saturated rings. The molecule has 1 aromatic rings. The standard InChI is InChI=1S/C15H24ClN3O/c1-9-12(16)17-14(15(3,4)5)18-13(9)19(6)11-7-8-20-10(11)2/h10-11H,7-8H2,1-6H3. The lowest BCUT2D eigenvalue weighted by molar-refractivity contribution is 0.118. The maximum atomic E-state index is 6.30. The molecule has 0 aromatic carbocycles. The summed E-state index contributed by atoms with van der Waals surface area (Å²) in [5.41, 5.74) is 0.811. The van der Waals surface area contributed by atoms with E-state index >= 15 is 0 Å². The summed E-state index contributed by atoms with van der Waals surface area (Å²) in [7, 11) is 2.06. The smallest absolute Gasteiger partial charge is 0.137 e. The molecule has 1 aliphatic heterocycles. The Morgan fingerprint density at radius 1 is 1.30 bits per heavy atom. The number of hydrogen-bond donors (Lipinski definition) is 0. The van der Waals surface area contributed by atoms with Crippen LogP contribution in [0.25, 0.3) is 0 Å². The zero-order chi connectivity index (χ0) is 15.1. The first-order chi connectivity index (χ1) is 9.21. The molecule has 5 heteroatoms. The summed E-state index contributed by atoms with van der Waals surface area (Å²) in [6.45, 7) is 11.2. The number of nitrogens with zero attached hydrogens (tertiary/aromatic N) is 3. The van der Waals surface area contributed by atoms with Crippen molar-refractivity contribution in [2.75, 3.05) is 18.6 Å². The number of ether oxygens (including phenoxy) is 1. The number of rotatable bonds is 2. The second-order valence-corrected chi connectivity index (χ2v) is 6.94. The van der Waals surface area contributed by atoms with Crippen LogP contribution < -0.4 is 4.90 Å². The van der Waals surface area contributed by atoms with Gasteiger partial charge in [-0.3, -0.25) is 0 Å². The van der Waals surface area contributed by atoms with Gasteiger partial charge in [0.15, 0.2) is 0 Å². The van der Waals surface area contributed by atoms with Crippen LogP contribution in [0.3, 0.4) is 0 Å². The van der Waals surface area contributed by atoms with Crippen molar-refractivity contribution in [2.24, 2.45) is 0 Å². The number of likely N-dealkylation sites (N-methyl/N-ethyl adjacent to an activating group) is 1. The lowest BCUT2D eigenvalue weighted by Crippen LogP contribution is -2.38. The van der Waals surface area contributed by atoms with E-state index in [1.165, 1.54) is 0 Å². The van der Waals surface area contributed by atoms with Crippen LogP contribution in [0.15, 0.2) is 0 Å². The molecule has 0 bridgehead atoms. The van der Waals surface area contributed by atoms with Gasteiger partial charge >= 0.3 is 0 Å². The highest BCUT2D eigenvalue weighted by Gasteiger charge is 2.31. The number of hydrogen-bond acceptors (Lipinski definition) is 4. The first-order valence-corrected chi connectivity index (χ1v) is 7.48. The zero-order valence-corrected chi connectivity index (χ0v) is 14.0. The molecule has 112 valence electrons. The van der Waals surface area contributed by atoms with Crippen molar-refractivity contribution in [3.05, 3.63) is 16.5 Å². The Morgan fingerprint density at radius 2 is 1.95 bits per heavy atom. The van der Waals surface area contributed by atoms with Crippen LogP contribution in [0.1, 0.15) is 45.5 Å². The van der Waals surface area contributed by atoms with E-state index in [0.717, 1.165) is 30.2 Å². The van der Waals surface area contributed by atoms with Crippen LogP contribution in [-0.4, -0.2) is 35.8 Å². The van der Waals surface area contributed by atoms with Crippen LogP contribution in [-0.2, 0) is 10.2 Å². The Kier molecular flexibility index (Phi) is 4.26. The van der Waals surface area contributed by atoms with Crippen molar-refractivity contribution < 1.29 is 4.74 Å². The highest BCUT2D eigenvalue weighted by atomic mass is 35.5. The maximum Gasteiger partial charge on any atom is 0.137 e. The van der Waals surface area contributed by atoms with Crippen LogP contribution in [0.4, 0.5) is 5.82 Å². The molecule has 20 heavy (non-hydrogen) atoms. The Hall–Kier alpha value is -0.870. The van der Waals surface area contributed by atoms with E-state index in [9.17, 15) is 0 Å². The van der Waals surface area contributed by atoms with Crippen LogP contribution >= 0.6 is 11.6 Å². The van der Waals surface area contributed by atoms with Gasteiger partial charge in [-0.1, -0.05) is 32.4 Å². The molecular formula is C15H24ClN3O. The van der Waals surface area contributed by atoms with Crippen molar-refractivity contribution in [1.29, 1.82) is 0 Å². The van der Waals surface area contributed by atoms with Gasteiger partial charge in [0.2, 0.25) is 0 Å². The molecule has 1 aromatic heterocycles. The third kappa shape index (κ3) is 2.91. The second kappa shape index (κ2) is 5.49. The maximum absolute atomic E-state index is 6.30. The summed E-state index contributed by atoms with van der Waals surface area (Å²) in [5.74, 6) is 1.69. The molecular weight excluding hydrogens is 274 g/mol. The third-order valence-electron chi connectivity index (χ3n) is 3.90. The summed E-state index contributed by atoms with van der Waals surface area (Å²) in [4.78, 5) is 11.4. The minimum atomic E-state index is -0.120.